The third-order valence-electron chi connectivity index (χ3n) is 12.0. The largest absolute Gasteiger partial charge is 0.505 e. The number of amides is 2. The maximum Gasteiger partial charge on any atom is 0.343 e. The SMILES string of the molecule is CCc1c(N=Nc2c(O)c(C(=O)Nc3ccc(NC(=O)c4cc5ccccc5c(N=Nc5cccc(C(=O)Oc6ccc(Cl)cc6Cl)c5CC)c4O)cc3)cc3ccccc23)cccc1C(=O)Oc1ccc(Cl)cc1Cl. The molecule has 9 aromatic carbocycles. The molecule has 2 amide bonds. The molecule has 76 heavy (non-hydrogen) atoms. The minimum Gasteiger partial charge on any atom is -0.505 e. The first kappa shape index (κ1) is 52.2. The Kier molecular flexibility index (Phi) is 15.7. The highest BCUT2D eigenvalue weighted by Gasteiger charge is 2.23. The summed E-state index contributed by atoms with van der Waals surface area (Å²) in [5.74, 6) is -3.30. The van der Waals surface area contributed by atoms with Crippen molar-refractivity contribution in [3.8, 4) is 23.0 Å². The van der Waals surface area contributed by atoms with Gasteiger partial charge in [0.15, 0.2) is 11.5 Å². The Bertz CT molecular complexity index is 3620. The number of fused-ring (bicyclic) bond motifs is 2. The van der Waals surface area contributed by atoms with Crippen molar-refractivity contribution in [1.29, 1.82) is 0 Å². The quantitative estimate of drug-likeness (QED) is 0.0468. The number of benzene rings is 9. The Morgan fingerprint density at radius 2 is 0.855 bits per heavy atom. The van der Waals surface area contributed by atoms with E-state index in [0.717, 1.165) is 0 Å². The molecule has 0 heterocycles. The van der Waals surface area contributed by atoms with E-state index in [1.165, 1.54) is 36.4 Å². The number of phenolic OH excluding ortho intramolecular Hbond substituents is 2. The predicted molar refractivity (Wildman–Crippen MR) is 296 cm³/mol. The maximum atomic E-state index is 13.9. The summed E-state index contributed by atoms with van der Waals surface area (Å²) in [6.45, 7) is 3.69. The van der Waals surface area contributed by atoms with Gasteiger partial charge in [0.1, 0.15) is 22.9 Å². The molecule has 18 heteroatoms. The van der Waals surface area contributed by atoms with Gasteiger partial charge < -0.3 is 30.3 Å². The lowest BCUT2D eigenvalue weighted by atomic mass is 10.0. The van der Waals surface area contributed by atoms with Crippen LogP contribution in [0.15, 0.2) is 178 Å². The van der Waals surface area contributed by atoms with Crippen LogP contribution in [0.5, 0.6) is 23.0 Å². The van der Waals surface area contributed by atoms with Crippen LogP contribution in [0.25, 0.3) is 21.5 Å². The molecule has 0 spiro atoms. The van der Waals surface area contributed by atoms with E-state index < -0.39 is 35.3 Å². The van der Waals surface area contributed by atoms with Crippen molar-refractivity contribution >= 4 is 126 Å². The second kappa shape index (κ2) is 22.8. The zero-order valence-corrected chi connectivity index (χ0v) is 43.1. The molecule has 0 saturated heterocycles. The normalized spacial score (nSPS) is 11.3. The zero-order chi connectivity index (χ0) is 53.6. The molecular weight excluding hydrogens is 1050 g/mol. The molecule has 0 aliphatic heterocycles. The first-order valence-electron chi connectivity index (χ1n) is 23.3. The highest BCUT2D eigenvalue weighted by Crippen LogP contribution is 2.43. The number of carbonyl (C=O) groups excluding carboxylic acids is 4. The third kappa shape index (κ3) is 11.2. The number of halogens is 4. The van der Waals surface area contributed by atoms with Crippen LogP contribution >= 0.6 is 46.4 Å². The topological polar surface area (TPSA) is 201 Å². The number of rotatable bonds is 14. The molecule has 0 aliphatic carbocycles. The van der Waals surface area contributed by atoms with Crippen molar-refractivity contribution in [2.75, 3.05) is 10.6 Å². The fourth-order valence-electron chi connectivity index (χ4n) is 8.31. The van der Waals surface area contributed by atoms with E-state index in [9.17, 15) is 29.4 Å². The van der Waals surface area contributed by atoms with Crippen LogP contribution in [0.3, 0.4) is 0 Å². The minimum absolute atomic E-state index is 0.0182. The summed E-state index contributed by atoms with van der Waals surface area (Å²) in [4.78, 5) is 54.5. The number of nitrogens with one attached hydrogen (secondary N) is 2. The third-order valence-corrected chi connectivity index (χ3v) is 13.1. The average Bonchev–Trinajstić information content (AvgIpc) is 3.43. The molecule has 378 valence electrons. The summed E-state index contributed by atoms with van der Waals surface area (Å²) in [5, 5.41) is 49.9. The molecule has 0 bridgehead atoms. The molecule has 0 radical (unpaired) electrons. The van der Waals surface area contributed by atoms with Crippen LogP contribution in [-0.4, -0.2) is 34.0 Å². The van der Waals surface area contributed by atoms with Crippen molar-refractivity contribution in [1.82, 2.24) is 0 Å². The highest BCUT2D eigenvalue weighted by atomic mass is 35.5. The van der Waals surface area contributed by atoms with Crippen molar-refractivity contribution in [2.45, 2.75) is 26.7 Å². The molecule has 0 atom stereocenters. The number of anilines is 2. The highest BCUT2D eigenvalue weighted by molar-refractivity contribution is 6.36. The molecular formula is C58H40Cl4N6O8. The second-order valence-corrected chi connectivity index (χ2v) is 18.5. The van der Waals surface area contributed by atoms with Crippen LogP contribution < -0.4 is 20.1 Å². The van der Waals surface area contributed by atoms with Crippen LogP contribution in [0.1, 0.15) is 66.4 Å². The van der Waals surface area contributed by atoms with Gasteiger partial charge in [0.05, 0.1) is 43.7 Å². The number of hydrogen-bond acceptors (Lipinski definition) is 12. The number of ether oxygens (including phenoxy) is 2. The van der Waals surface area contributed by atoms with Crippen LogP contribution in [-0.2, 0) is 12.8 Å². The Labute approximate surface area is 454 Å². The van der Waals surface area contributed by atoms with Gasteiger partial charge in [0.2, 0.25) is 0 Å². The Balaban J connectivity index is 0.926. The molecule has 0 aromatic heterocycles. The predicted octanol–water partition coefficient (Wildman–Crippen LogP) is 16.9. The lowest BCUT2D eigenvalue weighted by Gasteiger charge is -2.13. The minimum atomic E-state index is -0.671. The van der Waals surface area contributed by atoms with Gasteiger partial charge in [-0.25, -0.2) is 9.59 Å². The van der Waals surface area contributed by atoms with Gasteiger partial charge in [-0.3, -0.25) is 9.59 Å². The van der Waals surface area contributed by atoms with Crippen molar-refractivity contribution in [3.05, 3.63) is 211 Å². The van der Waals surface area contributed by atoms with Crippen LogP contribution in [0.2, 0.25) is 20.1 Å². The molecule has 14 nitrogen and oxygen atoms in total. The van der Waals surface area contributed by atoms with E-state index >= 15 is 0 Å². The smallest absolute Gasteiger partial charge is 0.343 e. The summed E-state index contributed by atoms with van der Waals surface area (Å²) in [6, 6.07) is 42.1. The fourth-order valence-corrected chi connectivity index (χ4v) is 9.21. The number of hydrogen-bond donors (Lipinski definition) is 4. The Hall–Kier alpha value is -8.66. The van der Waals surface area contributed by atoms with Gasteiger partial charge in [0.25, 0.3) is 11.8 Å². The van der Waals surface area contributed by atoms with E-state index in [1.54, 1.807) is 121 Å². The number of azo groups is 2. The lowest BCUT2D eigenvalue weighted by Crippen LogP contribution is -2.13. The van der Waals surface area contributed by atoms with Crippen molar-refractivity contribution in [2.24, 2.45) is 20.5 Å². The van der Waals surface area contributed by atoms with Crippen LogP contribution in [0.4, 0.5) is 34.1 Å². The van der Waals surface area contributed by atoms with Gasteiger partial charge in [-0.05, 0) is 132 Å². The monoisotopic (exact) mass is 1090 g/mol. The standard InChI is InChI=1S/C58H40Cl4N6O8/c1-3-37-41(57(73)75-49-25-19-33(59)29-45(49)61)15-9-17-47(37)65-67-51-39-13-7-5-11-31(39)27-43(53(51)69)55(71)63-35-21-23-36(24-22-35)64-56(72)44-28-32-12-6-8-14-40(32)52(54(44)70)68-66-48-18-10-16-42(38(48)4-2)58(74)76-50-26-20-34(60)30-46(50)62/h5-30,69-70H,3-4H2,1-2H3,(H,63,71)(H,64,72). The maximum absolute atomic E-state index is 13.9. The molecule has 0 aliphatic rings. The summed E-state index contributed by atoms with van der Waals surface area (Å²) in [5.41, 5.74) is 2.65. The number of esters is 2. The first-order valence-corrected chi connectivity index (χ1v) is 24.9. The molecule has 9 aromatic rings. The number of nitrogens with zero attached hydrogens (tertiary/aromatic N) is 4. The van der Waals surface area contributed by atoms with Gasteiger partial charge in [-0.2, -0.15) is 10.2 Å². The lowest BCUT2D eigenvalue weighted by molar-refractivity contribution is 0.0724. The Morgan fingerprint density at radius 3 is 1.24 bits per heavy atom. The van der Waals surface area contributed by atoms with Gasteiger partial charge in [-0.15, -0.1) is 10.2 Å². The zero-order valence-electron chi connectivity index (χ0n) is 40.1. The Morgan fingerprint density at radius 1 is 0.461 bits per heavy atom. The number of aromatic hydroxyl groups is 2. The number of carbonyl (C=O) groups is 4. The first-order chi connectivity index (χ1) is 36.7. The average molecular weight is 1090 g/mol. The van der Waals surface area contributed by atoms with Crippen LogP contribution in [0, 0.1) is 0 Å². The van der Waals surface area contributed by atoms with E-state index in [2.05, 4.69) is 31.1 Å². The molecule has 0 unspecified atom stereocenters. The summed E-state index contributed by atoms with van der Waals surface area (Å²) in [6.07, 6.45) is 0.740. The number of phenols is 2. The van der Waals surface area contributed by atoms with E-state index in [1.807, 2.05) is 13.8 Å². The summed E-state index contributed by atoms with van der Waals surface area (Å²) < 4.78 is 11.2. The van der Waals surface area contributed by atoms with Gasteiger partial charge in [0, 0.05) is 32.2 Å². The van der Waals surface area contributed by atoms with Crippen molar-refractivity contribution < 1.29 is 38.9 Å². The van der Waals surface area contributed by atoms with E-state index in [-0.39, 0.29) is 55.2 Å². The van der Waals surface area contributed by atoms with Gasteiger partial charge >= 0.3 is 11.9 Å². The molecule has 4 N–H and O–H groups in total. The van der Waals surface area contributed by atoms with E-state index in [4.69, 9.17) is 55.9 Å². The van der Waals surface area contributed by atoms with Gasteiger partial charge in [-0.1, -0.05) is 121 Å². The van der Waals surface area contributed by atoms with Crippen molar-refractivity contribution in [3.63, 3.8) is 0 Å². The second-order valence-electron chi connectivity index (χ2n) is 16.8. The summed E-state index contributed by atoms with van der Waals surface area (Å²) in [7, 11) is 0. The fraction of sp³-hybridized carbons (Fsp3) is 0.0690. The van der Waals surface area contributed by atoms with E-state index in [0.29, 0.717) is 78.3 Å². The summed E-state index contributed by atoms with van der Waals surface area (Å²) >= 11 is 24.5. The molecule has 9 rings (SSSR count). The molecule has 0 saturated carbocycles. The molecule has 0 fully saturated rings.